The number of urea groups is 1. The molecule has 0 radical (unpaired) electrons. The molecule has 0 saturated carbocycles. The highest BCUT2D eigenvalue weighted by molar-refractivity contribution is 6.15. The van der Waals surface area contributed by atoms with Crippen molar-refractivity contribution in [1.29, 1.82) is 0 Å². The molecular formula is C21H21N3O4. The maximum atomic E-state index is 12.5. The predicted molar refractivity (Wildman–Crippen MR) is 106 cm³/mol. The molecule has 28 heavy (non-hydrogen) atoms. The molecule has 0 aliphatic carbocycles. The molecular weight excluding hydrogens is 358 g/mol. The lowest BCUT2D eigenvalue weighted by atomic mass is 10.2. The molecule has 2 N–H and O–H groups in total. The highest BCUT2D eigenvalue weighted by Crippen LogP contribution is 2.17. The molecule has 2 aromatic carbocycles. The molecule has 0 aromatic heterocycles. The van der Waals surface area contributed by atoms with E-state index in [-0.39, 0.29) is 12.2 Å². The number of anilines is 1. The van der Waals surface area contributed by atoms with Crippen LogP contribution in [0.2, 0.25) is 0 Å². The Morgan fingerprint density at radius 1 is 1.18 bits per heavy atom. The molecule has 2 aromatic rings. The lowest BCUT2D eigenvalue weighted by molar-refractivity contribution is -0.127. The van der Waals surface area contributed by atoms with Crippen LogP contribution in [0.1, 0.15) is 18.1 Å². The largest absolute Gasteiger partial charge is 0.494 e. The first-order chi connectivity index (χ1) is 13.5. The highest BCUT2D eigenvalue weighted by atomic mass is 16.5. The van der Waals surface area contributed by atoms with E-state index in [9.17, 15) is 14.4 Å². The van der Waals surface area contributed by atoms with Crippen LogP contribution in [0.3, 0.4) is 0 Å². The smallest absolute Gasteiger partial charge is 0.329 e. The summed E-state index contributed by atoms with van der Waals surface area (Å²) in [6.07, 6.45) is 1.56. The van der Waals surface area contributed by atoms with Gasteiger partial charge in [0.15, 0.2) is 0 Å². The van der Waals surface area contributed by atoms with Gasteiger partial charge in [-0.05, 0) is 55.3 Å². The molecule has 1 saturated heterocycles. The second kappa shape index (κ2) is 8.39. The number of nitrogens with zero attached hydrogens (tertiary/aromatic N) is 1. The predicted octanol–water partition coefficient (Wildman–Crippen LogP) is 2.93. The molecule has 4 amide bonds. The van der Waals surface area contributed by atoms with Gasteiger partial charge in [0.1, 0.15) is 18.0 Å². The van der Waals surface area contributed by atoms with Gasteiger partial charge >= 0.3 is 6.03 Å². The molecule has 0 bridgehead atoms. The third kappa shape index (κ3) is 4.56. The standard InChI is InChI=1S/C21H21N3O4/c1-3-28-17-9-7-15(8-10-17)12-18-20(26)24(21(27)23-18)13-19(25)22-16-6-4-5-14(2)11-16/h4-12H,3,13H2,1-2H3,(H,22,25)(H,23,27)/b18-12+. The third-order valence-electron chi connectivity index (χ3n) is 4.07. The first kappa shape index (κ1) is 19.2. The molecule has 1 heterocycles. The summed E-state index contributed by atoms with van der Waals surface area (Å²) >= 11 is 0. The van der Waals surface area contributed by atoms with E-state index in [1.165, 1.54) is 0 Å². The van der Waals surface area contributed by atoms with Crippen molar-refractivity contribution in [3.63, 3.8) is 0 Å². The summed E-state index contributed by atoms with van der Waals surface area (Å²) in [7, 11) is 0. The Balaban J connectivity index is 1.66. The van der Waals surface area contributed by atoms with Crippen molar-refractivity contribution in [2.45, 2.75) is 13.8 Å². The van der Waals surface area contributed by atoms with Crippen LogP contribution in [0.15, 0.2) is 54.2 Å². The number of nitrogens with one attached hydrogen (secondary N) is 2. The van der Waals surface area contributed by atoms with Gasteiger partial charge in [-0.3, -0.25) is 9.59 Å². The van der Waals surface area contributed by atoms with Crippen LogP contribution in [0, 0.1) is 6.92 Å². The van der Waals surface area contributed by atoms with E-state index >= 15 is 0 Å². The van der Waals surface area contributed by atoms with Gasteiger partial charge in [0.05, 0.1) is 6.61 Å². The molecule has 1 fully saturated rings. The fourth-order valence-electron chi connectivity index (χ4n) is 2.78. The van der Waals surface area contributed by atoms with Crippen LogP contribution in [-0.2, 0) is 9.59 Å². The van der Waals surface area contributed by atoms with Gasteiger partial charge in [-0.15, -0.1) is 0 Å². The van der Waals surface area contributed by atoms with Crippen LogP contribution in [-0.4, -0.2) is 35.9 Å². The van der Waals surface area contributed by atoms with Crippen LogP contribution in [0.5, 0.6) is 5.75 Å². The zero-order chi connectivity index (χ0) is 20.1. The molecule has 3 rings (SSSR count). The summed E-state index contributed by atoms with van der Waals surface area (Å²) < 4.78 is 5.38. The fraction of sp³-hybridized carbons (Fsp3) is 0.190. The Morgan fingerprint density at radius 3 is 2.61 bits per heavy atom. The number of ether oxygens (including phenoxy) is 1. The number of aryl methyl sites for hydroxylation is 1. The minimum Gasteiger partial charge on any atom is -0.494 e. The average molecular weight is 379 g/mol. The summed E-state index contributed by atoms with van der Waals surface area (Å²) in [4.78, 5) is 37.7. The van der Waals surface area contributed by atoms with E-state index in [1.807, 2.05) is 26.0 Å². The summed E-state index contributed by atoms with van der Waals surface area (Å²) in [5.74, 6) is -0.268. The molecule has 7 nitrogen and oxygen atoms in total. The van der Waals surface area contributed by atoms with Crippen LogP contribution in [0.25, 0.3) is 6.08 Å². The Bertz CT molecular complexity index is 935. The van der Waals surface area contributed by atoms with Gasteiger partial charge in [0, 0.05) is 5.69 Å². The van der Waals surface area contributed by atoms with Gasteiger partial charge in [-0.1, -0.05) is 24.3 Å². The van der Waals surface area contributed by atoms with Gasteiger partial charge in [-0.2, -0.15) is 0 Å². The van der Waals surface area contributed by atoms with Crippen molar-refractivity contribution in [2.75, 3.05) is 18.5 Å². The minimum atomic E-state index is -0.624. The number of amides is 4. The minimum absolute atomic E-state index is 0.123. The summed E-state index contributed by atoms with van der Waals surface area (Å²) in [6, 6.07) is 13.8. The van der Waals surface area contributed by atoms with E-state index in [1.54, 1.807) is 42.5 Å². The summed E-state index contributed by atoms with van der Waals surface area (Å²) in [5, 5.41) is 5.19. The zero-order valence-electron chi connectivity index (χ0n) is 15.7. The maximum Gasteiger partial charge on any atom is 0.329 e. The topological polar surface area (TPSA) is 87.7 Å². The summed E-state index contributed by atoms with van der Waals surface area (Å²) in [5.41, 5.74) is 2.46. The number of hydrogen-bond acceptors (Lipinski definition) is 4. The van der Waals surface area contributed by atoms with Crippen LogP contribution >= 0.6 is 0 Å². The number of carbonyl (C=O) groups excluding carboxylic acids is 3. The van der Waals surface area contributed by atoms with Gasteiger partial charge in [-0.25, -0.2) is 9.69 Å². The number of imide groups is 1. The molecule has 0 atom stereocenters. The molecule has 1 aliphatic rings. The second-order valence-electron chi connectivity index (χ2n) is 6.30. The SMILES string of the molecule is CCOc1ccc(/C=C2/NC(=O)N(CC(=O)Nc3cccc(C)c3)C2=O)cc1. The van der Waals surface area contributed by atoms with Gasteiger partial charge in [0.2, 0.25) is 5.91 Å². The lowest BCUT2D eigenvalue weighted by Crippen LogP contribution is -2.38. The second-order valence-corrected chi connectivity index (χ2v) is 6.30. The lowest BCUT2D eigenvalue weighted by Gasteiger charge is -2.12. The number of rotatable bonds is 6. The monoisotopic (exact) mass is 379 g/mol. The van der Waals surface area contributed by atoms with Crippen molar-refractivity contribution in [2.24, 2.45) is 0 Å². The molecule has 0 unspecified atom stereocenters. The summed E-state index contributed by atoms with van der Waals surface area (Å²) in [6.45, 7) is 4.01. The quantitative estimate of drug-likeness (QED) is 0.597. The van der Waals surface area contributed by atoms with Crippen molar-refractivity contribution < 1.29 is 19.1 Å². The van der Waals surface area contributed by atoms with E-state index < -0.39 is 17.8 Å². The molecule has 1 aliphatic heterocycles. The van der Waals surface area contributed by atoms with Crippen LogP contribution < -0.4 is 15.4 Å². The number of hydrogen-bond donors (Lipinski definition) is 2. The maximum absolute atomic E-state index is 12.5. The Kier molecular flexibility index (Phi) is 5.74. The van der Waals surface area contributed by atoms with Gasteiger partial charge in [0.25, 0.3) is 5.91 Å². The molecule has 144 valence electrons. The van der Waals surface area contributed by atoms with E-state index in [2.05, 4.69) is 10.6 Å². The highest BCUT2D eigenvalue weighted by Gasteiger charge is 2.34. The van der Waals surface area contributed by atoms with Gasteiger partial charge < -0.3 is 15.4 Å². The fourth-order valence-corrected chi connectivity index (χ4v) is 2.78. The average Bonchev–Trinajstić information content (AvgIpc) is 2.91. The van der Waals surface area contributed by atoms with Crippen molar-refractivity contribution in [1.82, 2.24) is 10.2 Å². The van der Waals surface area contributed by atoms with Crippen molar-refractivity contribution in [3.05, 3.63) is 65.4 Å². The number of carbonyl (C=O) groups is 3. The number of benzene rings is 2. The first-order valence-corrected chi connectivity index (χ1v) is 8.90. The normalized spacial score (nSPS) is 14.9. The molecule has 7 heteroatoms. The van der Waals surface area contributed by atoms with Crippen molar-refractivity contribution >= 4 is 29.6 Å². The van der Waals surface area contributed by atoms with E-state index in [0.29, 0.717) is 12.3 Å². The Hall–Kier alpha value is -3.61. The Labute approximate surface area is 163 Å². The zero-order valence-corrected chi connectivity index (χ0v) is 15.7. The third-order valence-corrected chi connectivity index (χ3v) is 4.07. The first-order valence-electron chi connectivity index (χ1n) is 8.90. The van der Waals surface area contributed by atoms with E-state index in [0.717, 1.165) is 21.8 Å². The Morgan fingerprint density at radius 2 is 1.93 bits per heavy atom. The molecule has 0 spiro atoms. The van der Waals surface area contributed by atoms with Crippen LogP contribution in [0.4, 0.5) is 10.5 Å². The van der Waals surface area contributed by atoms with Crippen molar-refractivity contribution in [3.8, 4) is 5.75 Å². The van der Waals surface area contributed by atoms with E-state index in [4.69, 9.17) is 4.74 Å².